The van der Waals surface area contributed by atoms with Crippen molar-refractivity contribution >= 4 is 22.8 Å². The zero-order valence-electron chi connectivity index (χ0n) is 14.3. The topological polar surface area (TPSA) is 188 Å². The van der Waals surface area contributed by atoms with Gasteiger partial charge in [-0.15, -0.1) is 0 Å². The maximum absolute atomic E-state index is 12.9. The summed E-state index contributed by atoms with van der Waals surface area (Å²) in [6.07, 6.45) is 1.27. The van der Waals surface area contributed by atoms with Crippen LogP contribution in [0.1, 0.15) is 19.8 Å². The Bertz CT molecular complexity index is 812. The van der Waals surface area contributed by atoms with Crippen molar-refractivity contribution in [3.8, 4) is 0 Å². The largest absolute Gasteiger partial charge is 0.394 e. The molecule has 0 aliphatic carbocycles. The molecule has 26 heavy (non-hydrogen) atoms. The van der Waals surface area contributed by atoms with Crippen LogP contribution >= 0.6 is 0 Å². The van der Waals surface area contributed by atoms with Crippen molar-refractivity contribution in [1.82, 2.24) is 19.5 Å². The number of ketones is 1. The summed E-state index contributed by atoms with van der Waals surface area (Å²) in [6.45, 7) is 1.38. The quantitative estimate of drug-likeness (QED) is 0.384. The van der Waals surface area contributed by atoms with Gasteiger partial charge in [-0.05, 0) is 6.42 Å². The van der Waals surface area contributed by atoms with Gasteiger partial charge in [0.15, 0.2) is 17.2 Å². The summed E-state index contributed by atoms with van der Waals surface area (Å²) in [5.41, 5.74) is 18.7. The Hall–Kier alpha value is -2.18. The van der Waals surface area contributed by atoms with E-state index < -0.39 is 42.4 Å². The molecule has 3 heterocycles. The van der Waals surface area contributed by atoms with Gasteiger partial charge < -0.3 is 26.4 Å². The molecule has 0 amide bonds. The van der Waals surface area contributed by atoms with Crippen LogP contribution in [0.4, 0.5) is 5.82 Å². The van der Waals surface area contributed by atoms with Gasteiger partial charge in [-0.25, -0.2) is 15.0 Å². The number of nitrogens with zero attached hydrogens (tertiary/aromatic N) is 4. The molecule has 1 saturated heterocycles. The lowest BCUT2D eigenvalue weighted by Crippen LogP contribution is -2.55. The van der Waals surface area contributed by atoms with Crippen LogP contribution < -0.4 is 17.2 Å². The normalized spacial score (nSPS) is 30.0. The summed E-state index contributed by atoms with van der Waals surface area (Å²) in [6, 6.07) is -0.821. The Labute approximate surface area is 149 Å². The molecule has 0 saturated carbocycles. The third-order valence-corrected chi connectivity index (χ3v) is 4.70. The van der Waals surface area contributed by atoms with Crippen LogP contribution in [0.2, 0.25) is 0 Å². The summed E-state index contributed by atoms with van der Waals surface area (Å²) in [5.74, 6) is -3.36. The predicted molar refractivity (Wildman–Crippen MR) is 91.2 cm³/mol. The van der Waals surface area contributed by atoms with Gasteiger partial charge in [0.2, 0.25) is 5.85 Å². The van der Waals surface area contributed by atoms with E-state index in [-0.39, 0.29) is 17.0 Å². The van der Waals surface area contributed by atoms with Gasteiger partial charge in [0.05, 0.1) is 18.8 Å². The number of hydrogen-bond donors (Lipinski definition) is 5. The molecular formula is C15H23N7O4. The van der Waals surface area contributed by atoms with E-state index >= 15 is 0 Å². The zero-order valence-corrected chi connectivity index (χ0v) is 14.3. The van der Waals surface area contributed by atoms with E-state index in [1.54, 1.807) is 0 Å². The molecule has 0 radical (unpaired) electrons. The molecule has 8 N–H and O–H groups in total. The molecule has 3 rings (SSSR count). The van der Waals surface area contributed by atoms with Gasteiger partial charge in [-0.3, -0.25) is 15.1 Å². The van der Waals surface area contributed by atoms with Crippen molar-refractivity contribution < 1.29 is 19.7 Å². The minimum atomic E-state index is -1.83. The van der Waals surface area contributed by atoms with Crippen LogP contribution in [0, 0.1) is 5.92 Å². The lowest BCUT2D eigenvalue weighted by Gasteiger charge is -2.32. The summed E-state index contributed by atoms with van der Waals surface area (Å²) in [7, 11) is 0. The fraction of sp³-hybridized carbons (Fsp3) is 0.600. The molecule has 2 aromatic rings. The number of aromatic nitrogens is 4. The third kappa shape index (κ3) is 2.73. The van der Waals surface area contributed by atoms with E-state index in [1.807, 2.05) is 6.92 Å². The number of carbonyl (C=O) groups is 1. The number of rotatable bonds is 6. The van der Waals surface area contributed by atoms with Crippen molar-refractivity contribution in [3.63, 3.8) is 0 Å². The number of ether oxygens (including phenoxy) is 1. The Balaban J connectivity index is 2.11. The molecule has 11 nitrogen and oxygen atoms in total. The molecule has 0 aromatic carbocycles. The minimum Gasteiger partial charge on any atom is -0.394 e. The van der Waals surface area contributed by atoms with Gasteiger partial charge in [0.1, 0.15) is 30.2 Å². The Kier molecular flexibility index (Phi) is 4.90. The number of anilines is 1. The van der Waals surface area contributed by atoms with Crippen molar-refractivity contribution in [2.24, 2.45) is 17.4 Å². The fourth-order valence-electron chi connectivity index (χ4n) is 3.36. The lowest BCUT2D eigenvalue weighted by molar-refractivity contribution is -0.146. The highest BCUT2D eigenvalue weighted by Crippen LogP contribution is 2.39. The van der Waals surface area contributed by atoms with Gasteiger partial charge in [-0.1, -0.05) is 13.3 Å². The summed E-state index contributed by atoms with van der Waals surface area (Å²) < 4.78 is 7.01. The van der Waals surface area contributed by atoms with Crippen LogP contribution in [0.5, 0.6) is 0 Å². The smallest absolute Gasteiger partial charge is 0.214 e. The number of fused-ring (bicyclic) bond motifs is 1. The summed E-state index contributed by atoms with van der Waals surface area (Å²) >= 11 is 0. The average molecular weight is 365 g/mol. The van der Waals surface area contributed by atoms with Crippen LogP contribution in [0.15, 0.2) is 12.7 Å². The number of nitrogens with two attached hydrogens (primary N) is 3. The molecule has 2 aromatic heterocycles. The van der Waals surface area contributed by atoms with Crippen LogP contribution in [-0.2, 0) is 15.4 Å². The highest BCUT2D eigenvalue weighted by molar-refractivity contribution is 5.88. The fourth-order valence-corrected chi connectivity index (χ4v) is 3.36. The maximum atomic E-state index is 12.9. The maximum Gasteiger partial charge on any atom is 0.214 e. The third-order valence-electron chi connectivity index (χ3n) is 4.70. The molecular weight excluding hydrogens is 342 g/mol. The first kappa shape index (κ1) is 18.6. The van der Waals surface area contributed by atoms with Crippen LogP contribution in [0.3, 0.4) is 0 Å². The Morgan fingerprint density at radius 2 is 2.19 bits per heavy atom. The van der Waals surface area contributed by atoms with Gasteiger partial charge >= 0.3 is 0 Å². The standard InChI is InChI=1S/C15H23N7O4/c1-2-3-7(16)11(24)9-12(25)8(4-23)26-15(9,18)22-6-21-10-13(17)19-5-20-14(10)22/h5-9,12,23,25H,2-4,16,18H2,1H3,(H2,17,19,20)/t7-,8+,9+,12+,15-/m0/s1. The van der Waals surface area contributed by atoms with Crippen LogP contribution in [-0.4, -0.2) is 60.4 Å². The second-order valence-electron chi connectivity index (χ2n) is 6.40. The van der Waals surface area contributed by atoms with Crippen molar-refractivity contribution in [1.29, 1.82) is 0 Å². The van der Waals surface area contributed by atoms with Crippen LogP contribution in [0.25, 0.3) is 11.2 Å². The highest BCUT2D eigenvalue weighted by atomic mass is 16.6. The van der Waals surface area contributed by atoms with Gasteiger partial charge in [-0.2, -0.15) is 0 Å². The average Bonchev–Trinajstić information content (AvgIpc) is 3.15. The Morgan fingerprint density at radius 1 is 1.46 bits per heavy atom. The molecule has 11 heteroatoms. The number of aliphatic hydroxyl groups excluding tert-OH is 2. The summed E-state index contributed by atoms with van der Waals surface area (Å²) in [5, 5.41) is 20.1. The SMILES string of the molecule is CCC[C@H](N)C(=O)[C@@H]1[C@H](O)[C@@H](CO)O[C@@]1(N)n1cnc2c(N)ncnc21. The first-order chi connectivity index (χ1) is 12.3. The van der Waals surface area contributed by atoms with Crippen molar-refractivity contribution in [3.05, 3.63) is 12.7 Å². The van der Waals surface area contributed by atoms with E-state index in [2.05, 4.69) is 15.0 Å². The van der Waals surface area contributed by atoms with Crippen molar-refractivity contribution in [2.75, 3.05) is 12.3 Å². The first-order valence-corrected chi connectivity index (χ1v) is 8.34. The van der Waals surface area contributed by atoms with E-state index in [0.29, 0.717) is 12.8 Å². The molecule has 0 spiro atoms. The number of imidazole rings is 1. The zero-order chi connectivity index (χ0) is 19.1. The molecule has 1 aliphatic rings. The molecule has 142 valence electrons. The second kappa shape index (κ2) is 6.85. The number of nitrogen functional groups attached to an aromatic ring is 1. The molecule has 1 aliphatic heterocycles. The molecule has 0 bridgehead atoms. The van der Waals surface area contributed by atoms with E-state index in [0.717, 1.165) is 0 Å². The first-order valence-electron chi connectivity index (χ1n) is 8.34. The lowest BCUT2D eigenvalue weighted by atomic mass is 9.87. The number of Topliss-reactive ketones (excluding diaryl/α,β-unsaturated/α-hetero) is 1. The van der Waals surface area contributed by atoms with Crippen molar-refractivity contribution in [2.45, 2.75) is 43.9 Å². The molecule has 0 unspecified atom stereocenters. The van der Waals surface area contributed by atoms with E-state index in [9.17, 15) is 15.0 Å². The Morgan fingerprint density at radius 3 is 2.85 bits per heavy atom. The predicted octanol–water partition coefficient (Wildman–Crippen LogP) is -1.96. The summed E-state index contributed by atoms with van der Waals surface area (Å²) in [4.78, 5) is 25.0. The number of hydrogen-bond acceptors (Lipinski definition) is 10. The number of aliphatic hydroxyl groups is 2. The van der Waals surface area contributed by atoms with Gasteiger partial charge in [0.25, 0.3) is 0 Å². The number of carbonyl (C=O) groups excluding carboxylic acids is 1. The molecule has 5 atom stereocenters. The van der Waals surface area contributed by atoms with E-state index in [1.165, 1.54) is 17.2 Å². The highest BCUT2D eigenvalue weighted by Gasteiger charge is 2.58. The van der Waals surface area contributed by atoms with E-state index in [4.69, 9.17) is 21.9 Å². The molecule has 1 fully saturated rings. The van der Waals surface area contributed by atoms with Gasteiger partial charge in [0, 0.05) is 0 Å². The minimum absolute atomic E-state index is 0.139. The monoisotopic (exact) mass is 365 g/mol. The second-order valence-corrected chi connectivity index (χ2v) is 6.40.